The third-order valence-corrected chi connectivity index (χ3v) is 5.41. The first kappa shape index (κ1) is 18.3. The van der Waals surface area contributed by atoms with Crippen LogP contribution in [0.3, 0.4) is 0 Å². The average Bonchev–Trinajstić information content (AvgIpc) is 3.25. The number of hydrogen-bond acceptors (Lipinski definition) is 4. The fourth-order valence-electron chi connectivity index (χ4n) is 2.71. The first-order valence-electron chi connectivity index (χ1n) is 8.45. The van der Waals surface area contributed by atoms with Gasteiger partial charge in [-0.1, -0.05) is 6.07 Å². The molecule has 0 aliphatic carbocycles. The highest BCUT2D eigenvalue weighted by Crippen LogP contribution is 2.23. The Morgan fingerprint density at radius 3 is 2.69 bits per heavy atom. The standard InChI is InChI=1S/C20H22N2O3S/c1-13-4-6-16(10-14(13)2)21-20(24)18-11-26-12-22(18)19(23)9-8-17-7-5-15(3)25-17/h4-10,18H,11-12H2,1-3H3,(H,21,24)/b9-8+. The molecule has 1 atom stereocenters. The minimum absolute atomic E-state index is 0.158. The first-order chi connectivity index (χ1) is 12.4. The largest absolute Gasteiger partial charge is 0.462 e. The van der Waals surface area contributed by atoms with Crippen molar-refractivity contribution in [2.45, 2.75) is 26.8 Å². The number of anilines is 1. The van der Waals surface area contributed by atoms with Crippen LogP contribution in [0.2, 0.25) is 0 Å². The van der Waals surface area contributed by atoms with Crippen LogP contribution in [0.15, 0.2) is 40.8 Å². The number of carbonyl (C=O) groups excluding carboxylic acids is 2. The number of benzene rings is 1. The van der Waals surface area contributed by atoms with Gasteiger partial charge in [-0.2, -0.15) is 0 Å². The van der Waals surface area contributed by atoms with E-state index in [1.165, 1.54) is 11.6 Å². The molecule has 1 N–H and O–H groups in total. The molecule has 0 saturated carbocycles. The molecule has 1 aromatic carbocycles. The lowest BCUT2D eigenvalue weighted by Gasteiger charge is -2.21. The summed E-state index contributed by atoms with van der Waals surface area (Å²) in [5, 5.41) is 2.93. The molecule has 6 heteroatoms. The predicted molar refractivity (Wildman–Crippen MR) is 105 cm³/mol. The zero-order valence-electron chi connectivity index (χ0n) is 15.1. The van der Waals surface area contributed by atoms with E-state index >= 15 is 0 Å². The van der Waals surface area contributed by atoms with Crippen LogP contribution in [-0.4, -0.2) is 34.4 Å². The molecule has 0 radical (unpaired) electrons. The van der Waals surface area contributed by atoms with Crippen molar-refractivity contribution in [1.29, 1.82) is 0 Å². The molecule has 1 unspecified atom stereocenters. The normalized spacial score (nSPS) is 17.0. The van der Waals surface area contributed by atoms with E-state index in [2.05, 4.69) is 5.32 Å². The summed E-state index contributed by atoms with van der Waals surface area (Å²) in [5.41, 5.74) is 3.05. The van der Waals surface area contributed by atoms with Gasteiger partial charge in [0.05, 0.1) is 5.88 Å². The van der Waals surface area contributed by atoms with Crippen LogP contribution in [-0.2, 0) is 9.59 Å². The van der Waals surface area contributed by atoms with Crippen LogP contribution in [0.5, 0.6) is 0 Å². The van der Waals surface area contributed by atoms with Gasteiger partial charge in [0, 0.05) is 17.5 Å². The minimum Gasteiger partial charge on any atom is -0.462 e. The molecule has 2 heterocycles. The summed E-state index contributed by atoms with van der Waals surface area (Å²) in [6.07, 6.45) is 3.09. The van der Waals surface area contributed by atoms with E-state index in [0.29, 0.717) is 17.4 Å². The number of carbonyl (C=O) groups is 2. The molecular formula is C20H22N2O3S. The summed E-state index contributed by atoms with van der Waals surface area (Å²) in [7, 11) is 0. The van der Waals surface area contributed by atoms with E-state index in [9.17, 15) is 9.59 Å². The van der Waals surface area contributed by atoms with E-state index < -0.39 is 6.04 Å². The summed E-state index contributed by atoms with van der Waals surface area (Å²) in [6, 6.07) is 8.98. The van der Waals surface area contributed by atoms with E-state index in [0.717, 1.165) is 17.0 Å². The monoisotopic (exact) mass is 370 g/mol. The lowest BCUT2D eigenvalue weighted by Crippen LogP contribution is -2.43. The summed E-state index contributed by atoms with van der Waals surface area (Å²) in [5.74, 6) is 2.16. The molecule has 1 aromatic heterocycles. The van der Waals surface area contributed by atoms with E-state index in [1.54, 1.807) is 22.7 Å². The third kappa shape index (κ3) is 4.19. The minimum atomic E-state index is -0.475. The van der Waals surface area contributed by atoms with Gasteiger partial charge in [-0.05, 0) is 62.2 Å². The van der Waals surface area contributed by atoms with Gasteiger partial charge in [0.15, 0.2) is 0 Å². The molecule has 1 saturated heterocycles. The van der Waals surface area contributed by atoms with Crippen molar-refractivity contribution in [3.8, 4) is 0 Å². The molecule has 136 valence electrons. The van der Waals surface area contributed by atoms with Crippen LogP contribution in [0.25, 0.3) is 6.08 Å². The number of nitrogens with zero attached hydrogens (tertiary/aromatic N) is 1. The van der Waals surface area contributed by atoms with Gasteiger partial charge < -0.3 is 14.6 Å². The molecule has 0 bridgehead atoms. The lowest BCUT2D eigenvalue weighted by atomic mass is 10.1. The van der Waals surface area contributed by atoms with Crippen molar-refractivity contribution in [1.82, 2.24) is 4.90 Å². The fourth-order valence-corrected chi connectivity index (χ4v) is 3.88. The predicted octanol–water partition coefficient (Wildman–Crippen LogP) is 3.76. The Hall–Kier alpha value is -2.47. The lowest BCUT2D eigenvalue weighted by molar-refractivity contribution is -0.132. The maximum Gasteiger partial charge on any atom is 0.248 e. The number of aryl methyl sites for hydroxylation is 3. The van der Waals surface area contributed by atoms with Gasteiger partial charge in [0.2, 0.25) is 11.8 Å². The molecule has 2 amide bonds. The molecule has 2 aromatic rings. The number of furan rings is 1. The summed E-state index contributed by atoms with van der Waals surface area (Å²) in [6.45, 7) is 5.89. The van der Waals surface area contributed by atoms with Crippen LogP contribution < -0.4 is 5.32 Å². The molecule has 1 aliphatic heterocycles. The fraction of sp³-hybridized carbons (Fsp3) is 0.300. The Bertz CT molecular complexity index is 856. The Morgan fingerprint density at radius 1 is 1.19 bits per heavy atom. The van der Waals surface area contributed by atoms with E-state index in [4.69, 9.17) is 4.42 Å². The Balaban J connectivity index is 1.66. The topological polar surface area (TPSA) is 62.6 Å². The van der Waals surface area contributed by atoms with Crippen molar-refractivity contribution in [2.24, 2.45) is 0 Å². The molecule has 3 rings (SSSR count). The number of rotatable bonds is 4. The Morgan fingerprint density at radius 2 is 2.00 bits per heavy atom. The van der Waals surface area contributed by atoms with Crippen LogP contribution in [0, 0.1) is 20.8 Å². The van der Waals surface area contributed by atoms with Crippen LogP contribution in [0.1, 0.15) is 22.6 Å². The van der Waals surface area contributed by atoms with Crippen LogP contribution in [0.4, 0.5) is 5.69 Å². The second kappa shape index (κ2) is 7.83. The SMILES string of the molecule is Cc1ccc(/C=C/C(=O)N2CSCC2C(=O)Nc2ccc(C)c(C)c2)o1. The highest BCUT2D eigenvalue weighted by atomic mass is 32.2. The van der Waals surface area contributed by atoms with Crippen LogP contribution >= 0.6 is 11.8 Å². The van der Waals surface area contributed by atoms with Crippen molar-refractivity contribution in [3.05, 3.63) is 59.1 Å². The van der Waals surface area contributed by atoms with Crippen molar-refractivity contribution in [3.63, 3.8) is 0 Å². The summed E-state index contributed by atoms with van der Waals surface area (Å²) in [4.78, 5) is 26.7. The molecule has 0 spiro atoms. The van der Waals surface area contributed by atoms with Gasteiger partial charge in [-0.3, -0.25) is 9.59 Å². The smallest absolute Gasteiger partial charge is 0.248 e. The quantitative estimate of drug-likeness (QED) is 0.833. The highest BCUT2D eigenvalue weighted by molar-refractivity contribution is 7.99. The average molecular weight is 370 g/mol. The van der Waals surface area contributed by atoms with Gasteiger partial charge >= 0.3 is 0 Å². The van der Waals surface area contributed by atoms with E-state index in [1.807, 2.05) is 51.1 Å². The number of hydrogen-bond donors (Lipinski definition) is 1. The van der Waals surface area contributed by atoms with Gasteiger partial charge in [0.1, 0.15) is 17.6 Å². The number of amides is 2. The van der Waals surface area contributed by atoms with Gasteiger partial charge in [-0.25, -0.2) is 0 Å². The second-order valence-corrected chi connectivity index (χ2v) is 7.39. The third-order valence-electron chi connectivity index (χ3n) is 4.39. The van der Waals surface area contributed by atoms with Crippen molar-refractivity contribution >= 4 is 35.3 Å². The first-order valence-corrected chi connectivity index (χ1v) is 9.60. The summed E-state index contributed by atoms with van der Waals surface area (Å²) < 4.78 is 5.43. The maximum atomic E-state index is 12.6. The molecule has 1 fully saturated rings. The van der Waals surface area contributed by atoms with Crippen molar-refractivity contribution in [2.75, 3.05) is 16.9 Å². The highest BCUT2D eigenvalue weighted by Gasteiger charge is 2.33. The van der Waals surface area contributed by atoms with Gasteiger partial charge in [-0.15, -0.1) is 11.8 Å². The molecule has 5 nitrogen and oxygen atoms in total. The summed E-state index contributed by atoms with van der Waals surface area (Å²) >= 11 is 1.58. The molecule has 1 aliphatic rings. The number of thioether (sulfide) groups is 1. The Labute approximate surface area is 157 Å². The van der Waals surface area contributed by atoms with Crippen molar-refractivity contribution < 1.29 is 14.0 Å². The number of nitrogens with one attached hydrogen (secondary N) is 1. The zero-order valence-corrected chi connectivity index (χ0v) is 15.9. The van der Waals surface area contributed by atoms with E-state index in [-0.39, 0.29) is 11.8 Å². The van der Waals surface area contributed by atoms with Gasteiger partial charge in [0.25, 0.3) is 0 Å². The molecule has 26 heavy (non-hydrogen) atoms. The Kier molecular flexibility index (Phi) is 5.52. The molecular weight excluding hydrogens is 348 g/mol. The second-order valence-electron chi connectivity index (χ2n) is 6.39. The maximum absolute atomic E-state index is 12.6. The zero-order chi connectivity index (χ0) is 18.7.